The number of carbonyl (C=O) groups excluding carboxylic acids is 3. The van der Waals surface area contributed by atoms with Crippen LogP contribution in [0.25, 0.3) is 10.9 Å². The fraction of sp³-hybridized carbons (Fsp3) is 0.258. The van der Waals surface area contributed by atoms with Gasteiger partial charge in [-0.2, -0.15) is 0 Å². The van der Waals surface area contributed by atoms with E-state index in [9.17, 15) is 14.4 Å². The second-order valence-electron chi connectivity index (χ2n) is 9.25. The van der Waals surface area contributed by atoms with Gasteiger partial charge in [-0.3, -0.25) is 14.4 Å². The fourth-order valence-electron chi connectivity index (χ4n) is 4.44. The number of rotatable bonds is 12. The molecule has 2 N–H and O–H groups in total. The van der Waals surface area contributed by atoms with Crippen LogP contribution in [0.3, 0.4) is 0 Å². The van der Waals surface area contributed by atoms with E-state index < -0.39 is 0 Å². The standard InChI is InChI=1S/C31H33N3O3/c1-23-21-34(28-14-8-7-13-27(23)28)22-29(35)32-19-9-2-3-10-20-33-31(37)26-17-15-25(16-18-26)30(36)24-11-5-4-6-12-24/h4-8,11-18,21H,2-3,9-10,19-20,22H2,1H3,(H,32,35)(H,33,37). The Hall–Kier alpha value is -4.19. The van der Waals surface area contributed by atoms with Crippen molar-refractivity contribution in [3.8, 4) is 0 Å². The summed E-state index contributed by atoms with van der Waals surface area (Å²) in [4.78, 5) is 37.2. The van der Waals surface area contributed by atoms with Crippen LogP contribution in [0.2, 0.25) is 0 Å². The Morgan fingerprint density at radius 2 is 1.27 bits per heavy atom. The van der Waals surface area contributed by atoms with Crippen LogP contribution < -0.4 is 10.6 Å². The third kappa shape index (κ3) is 6.94. The Balaban J connectivity index is 1.09. The van der Waals surface area contributed by atoms with E-state index in [1.807, 2.05) is 47.2 Å². The maximum atomic E-state index is 12.5. The molecule has 0 aliphatic rings. The SMILES string of the molecule is Cc1cn(CC(=O)NCCCCCCNC(=O)c2ccc(C(=O)c3ccccc3)cc2)c2ccccc12. The van der Waals surface area contributed by atoms with Crippen LogP contribution in [0.5, 0.6) is 0 Å². The molecule has 0 saturated carbocycles. The van der Waals surface area contributed by atoms with Crippen LogP contribution in [0.1, 0.15) is 57.5 Å². The Kier molecular flexibility index (Phi) is 8.87. The number of para-hydroxylation sites is 1. The maximum Gasteiger partial charge on any atom is 0.251 e. The predicted octanol–water partition coefficient (Wildman–Crippen LogP) is 5.29. The molecule has 3 aromatic carbocycles. The van der Waals surface area contributed by atoms with Crippen molar-refractivity contribution in [2.75, 3.05) is 13.1 Å². The lowest BCUT2D eigenvalue weighted by Crippen LogP contribution is -2.28. The van der Waals surface area contributed by atoms with E-state index in [4.69, 9.17) is 0 Å². The number of nitrogens with one attached hydrogen (secondary N) is 2. The molecule has 0 aliphatic heterocycles. The van der Waals surface area contributed by atoms with Crippen molar-refractivity contribution in [1.82, 2.24) is 15.2 Å². The molecule has 2 amide bonds. The van der Waals surface area contributed by atoms with Gasteiger partial charge in [-0.15, -0.1) is 0 Å². The predicted molar refractivity (Wildman–Crippen MR) is 147 cm³/mol. The smallest absolute Gasteiger partial charge is 0.251 e. The number of aryl methyl sites for hydroxylation is 1. The van der Waals surface area contributed by atoms with Gasteiger partial charge in [0.05, 0.1) is 0 Å². The first-order valence-corrected chi connectivity index (χ1v) is 12.8. The topological polar surface area (TPSA) is 80.2 Å². The van der Waals surface area contributed by atoms with Crippen molar-refractivity contribution in [3.63, 3.8) is 0 Å². The minimum absolute atomic E-state index is 0.0181. The van der Waals surface area contributed by atoms with E-state index in [0.29, 0.717) is 36.3 Å². The Labute approximate surface area is 217 Å². The van der Waals surface area contributed by atoms with Gasteiger partial charge in [0, 0.05) is 46.9 Å². The number of fused-ring (bicyclic) bond motifs is 1. The molecule has 0 saturated heterocycles. The summed E-state index contributed by atoms with van der Waals surface area (Å²) in [6, 6.07) is 24.0. The van der Waals surface area contributed by atoms with Gasteiger partial charge in [0.1, 0.15) is 6.54 Å². The summed E-state index contributed by atoms with van der Waals surface area (Å²) in [5.41, 5.74) is 3.98. The van der Waals surface area contributed by atoms with Crippen molar-refractivity contribution < 1.29 is 14.4 Å². The largest absolute Gasteiger partial charge is 0.355 e. The summed E-state index contributed by atoms with van der Waals surface area (Å²) in [7, 11) is 0. The lowest BCUT2D eigenvalue weighted by atomic mass is 10.0. The molecule has 6 nitrogen and oxygen atoms in total. The van der Waals surface area contributed by atoms with Crippen molar-refractivity contribution >= 4 is 28.5 Å². The molecular weight excluding hydrogens is 462 g/mol. The van der Waals surface area contributed by atoms with Crippen LogP contribution in [0.15, 0.2) is 85.1 Å². The molecule has 37 heavy (non-hydrogen) atoms. The van der Waals surface area contributed by atoms with Gasteiger partial charge in [0.25, 0.3) is 5.91 Å². The average Bonchev–Trinajstić information content (AvgIpc) is 3.25. The zero-order valence-electron chi connectivity index (χ0n) is 21.2. The fourth-order valence-corrected chi connectivity index (χ4v) is 4.44. The Morgan fingerprint density at radius 3 is 2.00 bits per heavy atom. The number of nitrogens with zero attached hydrogens (tertiary/aromatic N) is 1. The number of aromatic nitrogens is 1. The number of unbranched alkanes of at least 4 members (excludes halogenated alkanes) is 3. The molecule has 0 unspecified atom stereocenters. The number of amides is 2. The molecule has 4 rings (SSSR count). The summed E-state index contributed by atoms with van der Waals surface area (Å²) in [6.45, 7) is 3.62. The van der Waals surface area contributed by atoms with Gasteiger partial charge in [0.15, 0.2) is 5.78 Å². The van der Waals surface area contributed by atoms with E-state index in [1.54, 1.807) is 36.4 Å². The van der Waals surface area contributed by atoms with E-state index >= 15 is 0 Å². The molecule has 0 spiro atoms. The second kappa shape index (κ2) is 12.7. The minimum Gasteiger partial charge on any atom is -0.355 e. The summed E-state index contributed by atoms with van der Waals surface area (Å²) < 4.78 is 2.00. The summed E-state index contributed by atoms with van der Waals surface area (Å²) in [6.07, 6.45) is 5.76. The van der Waals surface area contributed by atoms with Crippen LogP contribution in [-0.4, -0.2) is 35.3 Å². The van der Waals surface area contributed by atoms with Crippen molar-refractivity contribution in [2.45, 2.75) is 39.2 Å². The van der Waals surface area contributed by atoms with Gasteiger partial charge in [-0.1, -0.05) is 73.5 Å². The zero-order chi connectivity index (χ0) is 26.0. The zero-order valence-corrected chi connectivity index (χ0v) is 21.2. The van der Waals surface area contributed by atoms with Crippen molar-refractivity contribution in [1.29, 1.82) is 0 Å². The highest BCUT2D eigenvalue weighted by atomic mass is 16.2. The van der Waals surface area contributed by atoms with Crippen LogP contribution in [-0.2, 0) is 11.3 Å². The van der Waals surface area contributed by atoms with E-state index in [1.165, 1.54) is 10.9 Å². The second-order valence-corrected chi connectivity index (χ2v) is 9.25. The lowest BCUT2D eigenvalue weighted by molar-refractivity contribution is -0.121. The number of carbonyl (C=O) groups is 3. The highest BCUT2D eigenvalue weighted by Gasteiger charge is 2.11. The third-order valence-electron chi connectivity index (χ3n) is 6.46. The monoisotopic (exact) mass is 495 g/mol. The first kappa shape index (κ1) is 25.9. The molecule has 0 aliphatic carbocycles. The molecule has 6 heteroatoms. The van der Waals surface area contributed by atoms with Crippen LogP contribution in [0.4, 0.5) is 0 Å². The number of hydrogen-bond donors (Lipinski definition) is 2. The van der Waals surface area contributed by atoms with Gasteiger partial charge in [-0.25, -0.2) is 0 Å². The molecule has 0 bridgehead atoms. The Morgan fingerprint density at radius 1 is 0.676 bits per heavy atom. The van der Waals surface area contributed by atoms with Gasteiger partial charge >= 0.3 is 0 Å². The molecule has 0 radical (unpaired) electrons. The number of ketones is 1. The van der Waals surface area contributed by atoms with Gasteiger partial charge in [0.2, 0.25) is 5.91 Å². The lowest BCUT2D eigenvalue weighted by Gasteiger charge is -2.08. The average molecular weight is 496 g/mol. The summed E-state index contributed by atoms with van der Waals surface area (Å²) in [5.74, 6) is -0.180. The molecule has 0 atom stereocenters. The van der Waals surface area contributed by atoms with Crippen molar-refractivity contribution in [3.05, 3.63) is 107 Å². The first-order valence-electron chi connectivity index (χ1n) is 12.8. The normalized spacial score (nSPS) is 10.8. The van der Waals surface area contributed by atoms with Gasteiger partial charge < -0.3 is 15.2 Å². The molecular formula is C31H33N3O3. The quantitative estimate of drug-likeness (QED) is 0.207. The molecule has 1 heterocycles. The summed E-state index contributed by atoms with van der Waals surface area (Å²) >= 11 is 0. The summed E-state index contributed by atoms with van der Waals surface area (Å²) in [5, 5.41) is 7.12. The molecule has 1 aromatic heterocycles. The van der Waals surface area contributed by atoms with E-state index in [0.717, 1.165) is 31.2 Å². The number of benzene rings is 3. The maximum absolute atomic E-state index is 12.5. The minimum atomic E-state index is -0.140. The van der Waals surface area contributed by atoms with E-state index in [2.05, 4.69) is 23.6 Å². The Bertz CT molecular complexity index is 1360. The van der Waals surface area contributed by atoms with Crippen LogP contribution >= 0.6 is 0 Å². The molecule has 4 aromatic rings. The highest BCUT2D eigenvalue weighted by Crippen LogP contribution is 2.20. The van der Waals surface area contributed by atoms with E-state index in [-0.39, 0.29) is 17.6 Å². The van der Waals surface area contributed by atoms with Crippen LogP contribution in [0, 0.1) is 6.92 Å². The van der Waals surface area contributed by atoms with Crippen molar-refractivity contribution in [2.24, 2.45) is 0 Å². The molecule has 0 fully saturated rings. The highest BCUT2D eigenvalue weighted by molar-refractivity contribution is 6.09. The third-order valence-corrected chi connectivity index (χ3v) is 6.46. The molecule has 190 valence electrons. The number of hydrogen-bond acceptors (Lipinski definition) is 3. The van der Waals surface area contributed by atoms with Gasteiger partial charge in [-0.05, 0) is 43.5 Å². The first-order chi connectivity index (χ1) is 18.0.